The first-order valence-electron chi connectivity index (χ1n) is 4.79. The summed E-state index contributed by atoms with van der Waals surface area (Å²) in [4.78, 5) is 20.8. The van der Waals surface area contributed by atoms with Crippen LogP contribution in [0.3, 0.4) is 0 Å². The van der Waals surface area contributed by atoms with Gasteiger partial charge in [-0.2, -0.15) is 10.4 Å². The van der Waals surface area contributed by atoms with Crippen molar-refractivity contribution >= 4 is 23.1 Å². The van der Waals surface area contributed by atoms with Crippen LogP contribution in [0.15, 0.2) is 23.3 Å². The van der Waals surface area contributed by atoms with E-state index in [-0.39, 0.29) is 11.4 Å². The van der Waals surface area contributed by atoms with Gasteiger partial charge < -0.3 is 9.84 Å². The molecule has 1 rings (SSSR count). The molecule has 1 aromatic carbocycles. The third kappa shape index (κ3) is 3.40. The number of phenolic OH excluding ortho intramolecular Hbond substituents is 1. The van der Waals surface area contributed by atoms with Gasteiger partial charge >= 0.3 is 5.97 Å². The number of carbonyl (C=O) groups is 1. The molecule has 0 amide bonds. The third-order valence-corrected chi connectivity index (χ3v) is 1.96. The molecule has 0 heterocycles. The minimum atomic E-state index is -0.948. The van der Waals surface area contributed by atoms with Crippen molar-refractivity contribution in [2.75, 3.05) is 12.5 Å². The van der Waals surface area contributed by atoms with Gasteiger partial charge in [0.25, 0.3) is 5.69 Å². The van der Waals surface area contributed by atoms with Crippen LogP contribution in [0.1, 0.15) is 0 Å². The van der Waals surface area contributed by atoms with Crippen molar-refractivity contribution in [3.63, 3.8) is 0 Å². The maximum atomic E-state index is 11.0. The second-order valence-corrected chi connectivity index (χ2v) is 3.13. The Balaban J connectivity index is 2.95. The molecule has 0 aliphatic heterocycles. The van der Waals surface area contributed by atoms with Crippen LogP contribution in [0.5, 0.6) is 5.75 Å². The molecule has 0 atom stereocenters. The SMILES string of the molecule is COC(=O)/C(C#N)=N/Nc1ccc([N+](=O)[O-])cc1O. The van der Waals surface area contributed by atoms with Crippen LogP contribution in [0.2, 0.25) is 0 Å². The van der Waals surface area contributed by atoms with Gasteiger partial charge in [0.05, 0.1) is 23.8 Å². The fourth-order valence-corrected chi connectivity index (χ4v) is 1.06. The molecule has 1 aromatic rings. The maximum absolute atomic E-state index is 11.0. The number of esters is 1. The summed E-state index contributed by atoms with van der Waals surface area (Å²) in [6, 6.07) is 4.71. The van der Waals surface area contributed by atoms with Gasteiger partial charge in [0.1, 0.15) is 11.8 Å². The van der Waals surface area contributed by atoms with Gasteiger partial charge in [-0.15, -0.1) is 0 Å². The standard InChI is InChI=1S/C10H8N4O5/c1-19-10(16)8(5-11)13-12-7-3-2-6(14(17)18)4-9(7)15/h2-4,12,15H,1H3/b13-8+. The third-order valence-electron chi connectivity index (χ3n) is 1.96. The minimum absolute atomic E-state index is 0.00209. The van der Waals surface area contributed by atoms with Crippen LogP contribution < -0.4 is 5.43 Å². The number of aromatic hydroxyl groups is 1. The molecular formula is C10H8N4O5. The van der Waals surface area contributed by atoms with E-state index in [0.29, 0.717) is 0 Å². The van der Waals surface area contributed by atoms with E-state index in [9.17, 15) is 20.0 Å². The van der Waals surface area contributed by atoms with Gasteiger partial charge in [-0.1, -0.05) is 0 Å². The molecule has 0 spiro atoms. The lowest BCUT2D eigenvalue weighted by Crippen LogP contribution is -2.15. The number of hydrazone groups is 1. The Bertz CT molecular complexity index is 590. The largest absolute Gasteiger partial charge is 0.505 e. The minimum Gasteiger partial charge on any atom is -0.505 e. The molecule has 0 saturated carbocycles. The number of nitro benzene ring substituents is 1. The zero-order valence-electron chi connectivity index (χ0n) is 9.65. The lowest BCUT2D eigenvalue weighted by Gasteiger charge is -2.03. The first kappa shape index (κ1) is 13.9. The lowest BCUT2D eigenvalue weighted by atomic mass is 10.2. The van der Waals surface area contributed by atoms with E-state index in [1.807, 2.05) is 0 Å². The summed E-state index contributed by atoms with van der Waals surface area (Å²) in [6.45, 7) is 0. The molecule has 9 nitrogen and oxygen atoms in total. The number of non-ortho nitro benzene ring substituents is 1. The molecule has 0 aliphatic rings. The van der Waals surface area contributed by atoms with E-state index < -0.39 is 22.4 Å². The van der Waals surface area contributed by atoms with Gasteiger partial charge in [0.2, 0.25) is 5.71 Å². The van der Waals surface area contributed by atoms with Crippen molar-refractivity contribution in [3.8, 4) is 11.8 Å². The molecule has 9 heteroatoms. The topological polar surface area (TPSA) is 138 Å². The van der Waals surface area contributed by atoms with Crippen molar-refractivity contribution in [2.45, 2.75) is 0 Å². The van der Waals surface area contributed by atoms with E-state index in [0.717, 1.165) is 19.2 Å². The molecule has 98 valence electrons. The van der Waals surface area contributed by atoms with Crippen LogP contribution in [0, 0.1) is 21.4 Å². The zero-order chi connectivity index (χ0) is 14.4. The van der Waals surface area contributed by atoms with Crippen molar-refractivity contribution in [2.24, 2.45) is 5.10 Å². The zero-order valence-corrected chi connectivity index (χ0v) is 9.65. The summed E-state index contributed by atoms with van der Waals surface area (Å²) in [5, 5.41) is 32.0. The Morgan fingerprint density at radius 1 is 1.63 bits per heavy atom. The number of benzene rings is 1. The number of rotatable bonds is 4. The molecule has 0 saturated heterocycles. The first-order valence-corrected chi connectivity index (χ1v) is 4.79. The van der Waals surface area contributed by atoms with Crippen molar-refractivity contribution in [1.29, 1.82) is 5.26 Å². The number of ether oxygens (including phenoxy) is 1. The number of hydrogen-bond acceptors (Lipinski definition) is 8. The Hall–Kier alpha value is -3.15. The fourth-order valence-electron chi connectivity index (χ4n) is 1.06. The Morgan fingerprint density at radius 2 is 2.32 bits per heavy atom. The monoisotopic (exact) mass is 264 g/mol. The molecule has 2 N–H and O–H groups in total. The van der Waals surface area contributed by atoms with E-state index in [2.05, 4.69) is 15.3 Å². The number of anilines is 1. The Labute approximate surface area is 106 Å². The summed E-state index contributed by atoms with van der Waals surface area (Å²) in [7, 11) is 1.08. The average molecular weight is 264 g/mol. The summed E-state index contributed by atoms with van der Waals surface area (Å²) in [5.41, 5.74) is 1.38. The molecular weight excluding hydrogens is 256 g/mol. The van der Waals surface area contributed by atoms with Gasteiger partial charge in [-0.05, 0) is 6.07 Å². The Kier molecular flexibility index (Phi) is 4.37. The van der Waals surface area contributed by atoms with E-state index in [1.54, 1.807) is 0 Å². The molecule has 19 heavy (non-hydrogen) atoms. The highest BCUT2D eigenvalue weighted by atomic mass is 16.6. The lowest BCUT2D eigenvalue weighted by molar-refractivity contribution is -0.384. The highest BCUT2D eigenvalue weighted by Gasteiger charge is 2.12. The molecule has 0 fully saturated rings. The quantitative estimate of drug-likeness (QED) is 0.269. The summed E-state index contributed by atoms with van der Waals surface area (Å²) < 4.78 is 4.29. The van der Waals surface area contributed by atoms with Gasteiger partial charge in [0, 0.05) is 6.07 Å². The van der Waals surface area contributed by atoms with Crippen LogP contribution in [0.4, 0.5) is 11.4 Å². The molecule has 0 aliphatic carbocycles. The van der Waals surface area contributed by atoms with Crippen LogP contribution in [0.25, 0.3) is 0 Å². The van der Waals surface area contributed by atoms with Crippen molar-refractivity contribution in [3.05, 3.63) is 28.3 Å². The number of nitro groups is 1. The van der Waals surface area contributed by atoms with Crippen molar-refractivity contribution < 1.29 is 19.6 Å². The molecule has 0 unspecified atom stereocenters. The predicted molar refractivity (Wildman–Crippen MR) is 63.4 cm³/mol. The number of methoxy groups -OCH3 is 1. The van der Waals surface area contributed by atoms with Crippen LogP contribution in [-0.2, 0) is 9.53 Å². The number of nitrogens with one attached hydrogen (secondary N) is 1. The Morgan fingerprint density at radius 3 is 2.79 bits per heavy atom. The smallest absolute Gasteiger partial charge is 0.369 e. The summed E-state index contributed by atoms with van der Waals surface area (Å²) in [6.07, 6.45) is 0. The first-order chi connectivity index (χ1) is 8.99. The molecule has 0 bridgehead atoms. The average Bonchev–Trinajstić information content (AvgIpc) is 2.40. The van der Waals surface area contributed by atoms with Crippen molar-refractivity contribution in [1.82, 2.24) is 0 Å². The highest BCUT2D eigenvalue weighted by molar-refractivity contribution is 6.43. The number of carbonyl (C=O) groups excluding carboxylic acids is 1. The van der Waals surface area contributed by atoms with Gasteiger partial charge in [-0.25, -0.2) is 4.79 Å². The predicted octanol–water partition coefficient (Wildman–Crippen LogP) is 0.765. The highest BCUT2D eigenvalue weighted by Crippen LogP contribution is 2.27. The maximum Gasteiger partial charge on any atom is 0.369 e. The van der Waals surface area contributed by atoms with E-state index in [1.165, 1.54) is 12.1 Å². The number of hydrogen-bond donors (Lipinski definition) is 2. The molecule has 0 aromatic heterocycles. The van der Waals surface area contributed by atoms with Gasteiger partial charge in [0.15, 0.2) is 0 Å². The number of nitriles is 1. The summed E-state index contributed by atoms with van der Waals surface area (Å²) >= 11 is 0. The van der Waals surface area contributed by atoms with Gasteiger partial charge in [-0.3, -0.25) is 15.5 Å². The van der Waals surface area contributed by atoms with E-state index >= 15 is 0 Å². The molecule has 0 radical (unpaired) electrons. The fraction of sp³-hybridized carbons (Fsp3) is 0.100. The number of phenols is 1. The second-order valence-electron chi connectivity index (χ2n) is 3.13. The normalized spacial score (nSPS) is 10.4. The van der Waals surface area contributed by atoms with Crippen LogP contribution >= 0.6 is 0 Å². The summed E-state index contributed by atoms with van der Waals surface area (Å²) in [5.74, 6) is -1.39. The van der Waals surface area contributed by atoms with E-state index in [4.69, 9.17) is 5.26 Å². The van der Waals surface area contributed by atoms with Crippen LogP contribution in [-0.4, -0.2) is 28.8 Å². The second kappa shape index (κ2) is 5.97. The number of nitrogens with zero attached hydrogens (tertiary/aromatic N) is 3.